The van der Waals surface area contributed by atoms with Gasteiger partial charge in [-0.25, -0.2) is 4.79 Å². The number of phenols is 1. The fraction of sp³-hybridized carbons (Fsp3) is 0.571. The second-order valence-electron chi connectivity index (χ2n) is 21.5. The maximum Gasteiger partial charge on any atom is 0.326 e. The SMILES string of the molecule is CSCC[C@H](NC(=O)[C@@H]1CCCN1C(=O)[C@H](CCC(N)=O)NC(=O)[C@H](Cc1ccccc1)NC(=O)[C@H](CO)NC(=O)[C@@H](N)Cc1ccc(O)cc1)C(=O)N1CCC[C@H]1C(=O)N[C@@H](CC(C)C)C(=O)N[C@H](C)C(=O)N[C@@H](CCCN=C(N)N)C(=O)O. The normalized spacial score (nSPS) is 17.5. The summed E-state index contributed by atoms with van der Waals surface area (Å²) in [6.45, 7) is 4.39. The molecule has 0 saturated carbocycles. The predicted molar refractivity (Wildman–Crippen MR) is 314 cm³/mol. The molecule has 2 saturated heterocycles. The molecule has 0 unspecified atom stereocenters. The quantitative estimate of drug-likeness (QED) is 0.0190. The van der Waals surface area contributed by atoms with Gasteiger partial charge in [0.25, 0.3) is 0 Å². The van der Waals surface area contributed by atoms with Crippen LogP contribution in [0.2, 0.25) is 0 Å². The molecule has 0 bridgehead atoms. The molecule has 2 aromatic carbocycles. The number of nitrogens with one attached hydrogen (secondary N) is 7. The highest BCUT2D eigenvalue weighted by Crippen LogP contribution is 2.24. The number of aliphatic hydroxyl groups excluding tert-OH is 1. The molecule has 0 aliphatic carbocycles. The van der Waals surface area contributed by atoms with E-state index in [0.717, 1.165) is 0 Å². The molecule has 29 heteroatoms. The number of carboxylic acid groups (broad SMARTS) is 1. The maximum absolute atomic E-state index is 14.6. The monoisotopic (exact) mass is 1210 g/mol. The minimum absolute atomic E-state index is 0.00524. The molecule has 10 amide bonds. The molecule has 10 atom stereocenters. The number of aromatic hydroxyl groups is 1. The molecule has 2 aliphatic rings. The Hall–Kier alpha value is -8.05. The third-order valence-electron chi connectivity index (χ3n) is 14.3. The van der Waals surface area contributed by atoms with Crippen LogP contribution in [0, 0.1) is 5.92 Å². The maximum atomic E-state index is 14.6. The largest absolute Gasteiger partial charge is 0.508 e. The number of aliphatic carboxylic acids is 1. The van der Waals surface area contributed by atoms with Gasteiger partial charge in [-0.2, -0.15) is 11.8 Å². The number of hydrogen-bond donors (Lipinski definition) is 14. The number of aliphatic imine (C=N–C) groups is 1. The van der Waals surface area contributed by atoms with Crippen molar-refractivity contribution >= 4 is 82.8 Å². The number of benzene rings is 2. The summed E-state index contributed by atoms with van der Waals surface area (Å²) >= 11 is 1.40. The lowest BCUT2D eigenvalue weighted by Crippen LogP contribution is -2.60. The summed E-state index contributed by atoms with van der Waals surface area (Å²) in [6, 6.07) is 1.66. The van der Waals surface area contributed by atoms with E-state index in [1.807, 2.05) is 13.8 Å². The minimum atomic E-state index is -1.58. The molecule has 2 fully saturated rings. The number of aliphatic hydroxyl groups is 1. The van der Waals surface area contributed by atoms with Crippen LogP contribution in [0.25, 0.3) is 0 Å². The van der Waals surface area contributed by atoms with Crippen LogP contribution in [0.15, 0.2) is 59.6 Å². The Labute approximate surface area is 497 Å². The lowest BCUT2D eigenvalue weighted by Gasteiger charge is -2.32. The number of thioether (sulfide) groups is 1. The molecule has 85 heavy (non-hydrogen) atoms. The Morgan fingerprint density at radius 1 is 0.624 bits per heavy atom. The average Bonchev–Trinajstić information content (AvgIpc) is 4.26. The van der Waals surface area contributed by atoms with Gasteiger partial charge in [0.1, 0.15) is 60.1 Å². The summed E-state index contributed by atoms with van der Waals surface area (Å²) in [5.74, 6) is -8.92. The summed E-state index contributed by atoms with van der Waals surface area (Å²) in [5, 5.41) is 47.7. The number of phenolic OH excluding ortho intramolecular Hbond substituents is 1. The zero-order valence-electron chi connectivity index (χ0n) is 48.5. The predicted octanol–water partition coefficient (Wildman–Crippen LogP) is -2.90. The number of nitrogens with zero attached hydrogens (tertiary/aromatic N) is 3. The summed E-state index contributed by atoms with van der Waals surface area (Å²) in [6.07, 6.45) is 2.55. The van der Waals surface area contributed by atoms with E-state index in [-0.39, 0.29) is 101 Å². The van der Waals surface area contributed by atoms with Gasteiger partial charge in [-0.05, 0) is 112 Å². The number of carboxylic acids is 1. The number of amides is 10. The minimum Gasteiger partial charge on any atom is -0.508 e. The lowest BCUT2D eigenvalue weighted by atomic mass is 10.0. The zero-order chi connectivity index (χ0) is 62.9. The average molecular weight is 1210 g/mol. The van der Waals surface area contributed by atoms with Gasteiger partial charge in [0.15, 0.2) is 5.96 Å². The molecule has 468 valence electrons. The number of nitrogens with two attached hydrogens (primary N) is 4. The fourth-order valence-corrected chi connectivity index (χ4v) is 10.2. The van der Waals surface area contributed by atoms with Gasteiger partial charge in [-0.1, -0.05) is 56.3 Å². The smallest absolute Gasteiger partial charge is 0.326 e. The number of carbonyl (C=O) groups excluding carboxylic acids is 10. The Morgan fingerprint density at radius 2 is 1.14 bits per heavy atom. The van der Waals surface area contributed by atoms with Crippen LogP contribution in [-0.2, 0) is 65.6 Å². The van der Waals surface area contributed by atoms with Gasteiger partial charge in [0.05, 0.1) is 12.6 Å². The van der Waals surface area contributed by atoms with Crippen LogP contribution in [0.4, 0.5) is 0 Å². The van der Waals surface area contributed by atoms with E-state index in [2.05, 4.69) is 42.2 Å². The molecule has 0 aromatic heterocycles. The molecule has 18 N–H and O–H groups in total. The van der Waals surface area contributed by atoms with Gasteiger partial charge in [0, 0.05) is 32.5 Å². The molecule has 2 aromatic rings. The van der Waals surface area contributed by atoms with Crippen LogP contribution >= 0.6 is 11.8 Å². The molecule has 2 aliphatic heterocycles. The van der Waals surface area contributed by atoms with E-state index in [0.29, 0.717) is 29.7 Å². The van der Waals surface area contributed by atoms with E-state index >= 15 is 0 Å². The number of carbonyl (C=O) groups is 11. The number of likely N-dealkylation sites (tertiary alicyclic amines) is 2. The van der Waals surface area contributed by atoms with E-state index in [1.165, 1.54) is 40.6 Å². The Kier molecular flexibility index (Phi) is 28.3. The summed E-state index contributed by atoms with van der Waals surface area (Å²) in [4.78, 5) is 156. The first-order valence-corrected chi connectivity index (χ1v) is 29.7. The first-order chi connectivity index (χ1) is 40.3. The lowest BCUT2D eigenvalue weighted by molar-refractivity contribution is -0.145. The first kappa shape index (κ1) is 69.4. The van der Waals surface area contributed by atoms with Gasteiger partial charge in [0.2, 0.25) is 59.1 Å². The van der Waals surface area contributed by atoms with Crippen molar-refractivity contribution in [1.29, 1.82) is 0 Å². The molecule has 2 heterocycles. The van der Waals surface area contributed by atoms with Crippen molar-refractivity contribution in [3.05, 3.63) is 65.7 Å². The van der Waals surface area contributed by atoms with Crippen molar-refractivity contribution in [2.75, 3.05) is 38.2 Å². The molecule has 4 rings (SSSR count). The van der Waals surface area contributed by atoms with Crippen molar-refractivity contribution in [3.8, 4) is 5.75 Å². The van der Waals surface area contributed by atoms with E-state index in [4.69, 9.17) is 22.9 Å². The topological polar surface area (TPSA) is 456 Å². The van der Waals surface area contributed by atoms with E-state index < -0.39 is 132 Å². The molecule has 0 radical (unpaired) electrons. The second kappa shape index (κ2) is 34.7. The zero-order valence-corrected chi connectivity index (χ0v) is 49.3. The highest BCUT2D eigenvalue weighted by Gasteiger charge is 2.43. The van der Waals surface area contributed by atoms with Crippen LogP contribution in [-0.4, -0.2) is 195 Å². The Balaban J connectivity index is 1.48. The summed E-state index contributed by atoms with van der Waals surface area (Å²) < 4.78 is 0. The standard InChI is InChI=1S/C56H84N14O14S/c1-31(2)27-40(48(76)62-32(3)46(74)65-39(55(83)84)13-8-23-61-56(59)60)67-52(80)44-15-10-25-70(44)54(82)38(22-26-85-4)64-51(79)43-14-9-24-69(43)53(81)37(20-21-45(58)73)63-49(77)41(29-33-11-6-5-7-12-33)66-50(78)42(30-71)68-47(75)36(57)28-34-16-18-35(72)19-17-34/h5-7,11-12,16-19,31-32,36-44,71-72H,8-10,13-15,20-30,57H2,1-4H3,(H2,58,73)(H,62,76)(H,63,77)(H,64,79)(H,65,74)(H,66,78)(H,67,80)(H,68,75)(H,83,84)(H4,59,60,61)/t32-,36+,37+,38+,39+,40+,41+,42+,43+,44+/m1/s1. The van der Waals surface area contributed by atoms with Crippen LogP contribution in [0.5, 0.6) is 5.75 Å². The van der Waals surface area contributed by atoms with Gasteiger partial charge < -0.3 is 85.3 Å². The van der Waals surface area contributed by atoms with Gasteiger partial charge in [-0.3, -0.25) is 52.9 Å². The number of primary amides is 1. The second-order valence-corrected chi connectivity index (χ2v) is 22.5. The third-order valence-corrected chi connectivity index (χ3v) is 15.0. The third kappa shape index (κ3) is 22.5. The van der Waals surface area contributed by atoms with Crippen molar-refractivity contribution in [2.45, 2.75) is 158 Å². The van der Waals surface area contributed by atoms with Crippen molar-refractivity contribution < 1.29 is 68.1 Å². The Bertz CT molecular complexity index is 2670. The van der Waals surface area contributed by atoms with Gasteiger partial charge >= 0.3 is 5.97 Å². The van der Waals surface area contributed by atoms with Gasteiger partial charge in [-0.15, -0.1) is 0 Å². The first-order valence-electron chi connectivity index (χ1n) is 28.3. The van der Waals surface area contributed by atoms with Crippen LogP contribution in [0.1, 0.15) is 96.1 Å². The molecular weight excluding hydrogens is 1120 g/mol. The molecule has 0 spiro atoms. The molecule has 28 nitrogen and oxygen atoms in total. The van der Waals surface area contributed by atoms with Crippen molar-refractivity contribution in [1.82, 2.24) is 47.0 Å². The summed E-state index contributed by atoms with van der Waals surface area (Å²) in [5.41, 5.74) is 23.5. The van der Waals surface area contributed by atoms with E-state index in [9.17, 15) is 68.1 Å². The Morgan fingerprint density at radius 3 is 1.68 bits per heavy atom. The van der Waals surface area contributed by atoms with Crippen molar-refractivity contribution in [2.24, 2.45) is 33.8 Å². The number of hydrogen-bond acceptors (Lipinski definition) is 16. The fourth-order valence-electron chi connectivity index (χ4n) is 9.77. The summed E-state index contributed by atoms with van der Waals surface area (Å²) in [7, 11) is 0. The molecular formula is C56H84N14O14S. The van der Waals surface area contributed by atoms with Crippen LogP contribution < -0.4 is 60.2 Å². The van der Waals surface area contributed by atoms with E-state index in [1.54, 1.807) is 48.7 Å². The van der Waals surface area contributed by atoms with Crippen molar-refractivity contribution in [3.63, 3.8) is 0 Å². The number of guanidine groups is 1. The highest BCUT2D eigenvalue weighted by atomic mass is 32.2. The number of rotatable bonds is 34. The van der Waals surface area contributed by atoms with Crippen LogP contribution in [0.3, 0.4) is 0 Å². The highest BCUT2D eigenvalue weighted by molar-refractivity contribution is 7.98.